The van der Waals surface area contributed by atoms with Crippen molar-refractivity contribution < 1.29 is 19.4 Å². The van der Waals surface area contributed by atoms with E-state index in [9.17, 15) is 14.7 Å². The average Bonchev–Trinajstić information content (AvgIpc) is 3.21. The first kappa shape index (κ1) is 24.7. The monoisotopic (exact) mass is 487 g/mol. The van der Waals surface area contributed by atoms with Crippen molar-refractivity contribution in [3.05, 3.63) is 34.9 Å². The maximum Gasteiger partial charge on any atom is 0.277 e. The van der Waals surface area contributed by atoms with E-state index < -0.39 is 6.10 Å². The molecule has 0 unspecified atom stereocenters. The first-order valence-electron chi connectivity index (χ1n) is 11.8. The highest BCUT2D eigenvalue weighted by atomic mass is 32.1. The lowest BCUT2D eigenvalue weighted by Gasteiger charge is -2.53. The van der Waals surface area contributed by atoms with Gasteiger partial charge in [0.2, 0.25) is 5.91 Å². The summed E-state index contributed by atoms with van der Waals surface area (Å²) in [5.74, 6) is -0.797. The molecule has 4 rings (SSSR count). The van der Waals surface area contributed by atoms with Crippen LogP contribution in [0.2, 0.25) is 0 Å². The van der Waals surface area contributed by atoms with Crippen molar-refractivity contribution >= 4 is 28.3 Å². The maximum atomic E-state index is 12.7. The van der Waals surface area contributed by atoms with E-state index in [-0.39, 0.29) is 46.6 Å². The number of amides is 2. The Balaban J connectivity index is 1.51. The molecule has 0 aliphatic heterocycles. The Kier molecular flexibility index (Phi) is 7.30. The Hall–Kier alpha value is -2.43. The molecule has 2 aromatic rings. The predicted molar refractivity (Wildman–Crippen MR) is 129 cm³/mol. The molecule has 3 N–H and O–H groups in total. The largest absolute Gasteiger partial charge is 0.392 e. The van der Waals surface area contributed by atoms with Gasteiger partial charge in [0, 0.05) is 42.8 Å². The smallest absolute Gasteiger partial charge is 0.277 e. The highest BCUT2D eigenvalue weighted by Crippen LogP contribution is 2.57. The van der Waals surface area contributed by atoms with Crippen LogP contribution in [0.1, 0.15) is 60.6 Å². The molecule has 2 aliphatic carbocycles. The Bertz CT molecular complexity index is 1030. The molecule has 9 nitrogen and oxygen atoms in total. The number of fused-ring (bicyclic) bond motifs is 2. The van der Waals surface area contributed by atoms with Crippen molar-refractivity contribution in [1.82, 2.24) is 20.3 Å². The Labute approximate surface area is 203 Å². The van der Waals surface area contributed by atoms with Gasteiger partial charge < -0.3 is 15.2 Å². The van der Waals surface area contributed by atoms with Crippen LogP contribution in [0.4, 0.5) is 5.13 Å². The lowest BCUT2D eigenvalue weighted by atomic mass is 9.53. The minimum Gasteiger partial charge on any atom is -0.392 e. The van der Waals surface area contributed by atoms with E-state index in [1.54, 1.807) is 7.11 Å². The van der Waals surface area contributed by atoms with Gasteiger partial charge >= 0.3 is 0 Å². The number of carbonyl (C=O) groups is 2. The fraction of sp³-hybridized carbons (Fsp3) is 0.625. The Morgan fingerprint density at radius 3 is 2.88 bits per heavy atom. The van der Waals surface area contributed by atoms with E-state index in [0.717, 1.165) is 29.8 Å². The third-order valence-electron chi connectivity index (χ3n) is 7.60. The van der Waals surface area contributed by atoms with E-state index in [1.165, 1.54) is 29.9 Å². The molecule has 6 atom stereocenters. The number of carbonyl (C=O) groups excluding carboxylic acids is 2. The molecule has 1 saturated carbocycles. The zero-order valence-corrected chi connectivity index (χ0v) is 20.9. The molecule has 2 heterocycles. The second-order valence-corrected chi connectivity index (χ2v) is 10.9. The van der Waals surface area contributed by atoms with Gasteiger partial charge in [0.25, 0.3) is 5.91 Å². The van der Waals surface area contributed by atoms with Crippen molar-refractivity contribution in [3.63, 3.8) is 0 Å². The van der Waals surface area contributed by atoms with Gasteiger partial charge in [-0.1, -0.05) is 20.8 Å². The summed E-state index contributed by atoms with van der Waals surface area (Å²) in [7, 11) is 1.60. The number of aliphatic hydroxyl groups is 1. The van der Waals surface area contributed by atoms with Gasteiger partial charge in [-0.25, -0.2) is 9.97 Å². The minimum atomic E-state index is -0.607. The summed E-state index contributed by atoms with van der Waals surface area (Å²) in [6.07, 6.45) is 6.34. The predicted octanol–water partition coefficient (Wildman–Crippen LogP) is 2.64. The van der Waals surface area contributed by atoms with Crippen LogP contribution in [-0.2, 0) is 16.0 Å². The van der Waals surface area contributed by atoms with E-state index in [0.29, 0.717) is 18.3 Å². The SMILES string of the molecule is COCCNC(=O)[C@@H](C)[C@H]1CC[C@]2(C)Cc3sc(NC(=O)c4cnccn4)nc3[C@@H](C)[C@@H]2[C@H]1O. The average molecular weight is 488 g/mol. The topological polar surface area (TPSA) is 126 Å². The summed E-state index contributed by atoms with van der Waals surface area (Å²) in [6, 6.07) is 0. The van der Waals surface area contributed by atoms with E-state index in [1.807, 2.05) is 6.92 Å². The van der Waals surface area contributed by atoms with Crippen molar-refractivity contribution in [2.24, 2.45) is 23.2 Å². The molecule has 0 aromatic carbocycles. The molecule has 2 amide bonds. The number of methoxy groups -OCH3 is 1. The van der Waals surface area contributed by atoms with Crippen LogP contribution in [-0.4, -0.2) is 58.2 Å². The number of hydrogen-bond acceptors (Lipinski definition) is 8. The van der Waals surface area contributed by atoms with E-state index >= 15 is 0 Å². The van der Waals surface area contributed by atoms with Gasteiger partial charge in [-0.05, 0) is 36.5 Å². The maximum absolute atomic E-state index is 12.7. The van der Waals surface area contributed by atoms with Crippen molar-refractivity contribution in [3.8, 4) is 0 Å². The van der Waals surface area contributed by atoms with Gasteiger partial charge in [-0.15, -0.1) is 11.3 Å². The Morgan fingerprint density at radius 2 is 2.18 bits per heavy atom. The second kappa shape index (κ2) is 10.1. The third kappa shape index (κ3) is 4.71. The lowest BCUT2D eigenvalue weighted by molar-refractivity contribution is -0.135. The second-order valence-electron chi connectivity index (χ2n) is 9.78. The molecule has 1 fully saturated rings. The van der Waals surface area contributed by atoms with Crippen LogP contribution in [0, 0.1) is 23.2 Å². The highest BCUT2D eigenvalue weighted by Gasteiger charge is 2.53. The molecule has 0 radical (unpaired) electrons. The van der Waals surface area contributed by atoms with E-state index in [4.69, 9.17) is 9.72 Å². The van der Waals surface area contributed by atoms with Gasteiger partial charge in [-0.3, -0.25) is 19.9 Å². The number of aromatic nitrogens is 3. The number of nitrogens with one attached hydrogen (secondary N) is 2. The molecule has 184 valence electrons. The molecule has 2 aromatic heterocycles. The van der Waals surface area contributed by atoms with Gasteiger partial charge in [-0.2, -0.15) is 0 Å². The van der Waals surface area contributed by atoms with E-state index in [2.05, 4.69) is 34.4 Å². The van der Waals surface area contributed by atoms with Crippen LogP contribution in [0.15, 0.2) is 18.6 Å². The lowest BCUT2D eigenvalue weighted by Crippen LogP contribution is -2.53. The number of ether oxygens (including phenoxy) is 1. The number of aliphatic hydroxyl groups excluding tert-OH is 1. The Morgan fingerprint density at radius 1 is 1.38 bits per heavy atom. The normalized spacial score (nSPS) is 29.0. The number of hydrogen-bond donors (Lipinski definition) is 3. The zero-order valence-electron chi connectivity index (χ0n) is 20.1. The van der Waals surface area contributed by atoms with Gasteiger partial charge in [0.1, 0.15) is 5.69 Å². The summed E-state index contributed by atoms with van der Waals surface area (Å²) in [5.41, 5.74) is 1.08. The standard InChI is InChI=1S/C24H33N5O4S/c1-13(21(31)27-9-10-33-4)15-5-6-24(3)11-17-19(14(2)18(24)20(15)30)28-23(34-17)29-22(32)16-12-25-7-8-26-16/h7-8,12-15,18,20,30H,5-6,9-11H2,1-4H3,(H,27,31)(H,28,29,32)/t13-,14-,15+,18+,20-,24+/m0/s1. The first-order chi connectivity index (χ1) is 16.2. The fourth-order valence-electron chi connectivity index (χ4n) is 5.81. The van der Waals surface area contributed by atoms with Crippen molar-refractivity contribution in [2.75, 3.05) is 25.6 Å². The summed E-state index contributed by atoms with van der Waals surface area (Å²) < 4.78 is 5.02. The summed E-state index contributed by atoms with van der Waals surface area (Å²) in [4.78, 5) is 39.1. The fourth-order valence-corrected chi connectivity index (χ4v) is 7.07. The van der Waals surface area contributed by atoms with Crippen LogP contribution in [0.3, 0.4) is 0 Å². The van der Waals surface area contributed by atoms with Crippen LogP contribution < -0.4 is 10.6 Å². The zero-order chi connectivity index (χ0) is 24.5. The number of rotatable bonds is 7. The number of nitrogens with zero attached hydrogens (tertiary/aromatic N) is 3. The van der Waals surface area contributed by atoms with Crippen molar-refractivity contribution in [1.29, 1.82) is 0 Å². The van der Waals surface area contributed by atoms with Gasteiger partial charge in [0.05, 0.1) is 24.6 Å². The molecule has 0 spiro atoms. The minimum absolute atomic E-state index is 0.00808. The summed E-state index contributed by atoms with van der Waals surface area (Å²) in [6.45, 7) is 7.17. The molecular weight excluding hydrogens is 454 g/mol. The first-order valence-corrected chi connectivity index (χ1v) is 12.6. The number of thiazole rings is 1. The molecule has 2 aliphatic rings. The molecule has 34 heavy (non-hydrogen) atoms. The highest BCUT2D eigenvalue weighted by molar-refractivity contribution is 7.15. The summed E-state index contributed by atoms with van der Waals surface area (Å²) in [5, 5.41) is 17.8. The quantitative estimate of drug-likeness (QED) is 0.513. The molecule has 0 saturated heterocycles. The van der Waals surface area contributed by atoms with Crippen molar-refractivity contribution in [2.45, 2.75) is 52.1 Å². The number of anilines is 1. The van der Waals surface area contributed by atoms with Gasteiger partial charge in [0.15, 0.2) is 5.13 Å². The third-order valence-corrected chi connectivity index (χ3v) is 8.59. The summed E-state index contributed by atoms with van der Waals surface area (Å²) >= 11 is 1.49. The van der Waals surface area contributed by atoms with Crippen LogP contribution in [0.5, 0.6) is 0 Å². The van der Waals surface area contributed by atoms with Crippen LogP contribution >= 0.6 is 11.3 Å². The molecular formula is C24H33N5O4S. The molecule has 0 bridgehead atoms. The van der Waals surface area contributed by atoms with Crippen LogP contribution in [0.25, 0.3) is 0 Å². The molecule has 10 heteroatoms.